The molecule has 1 fully saturated rings. The maximum absolute atomic E-state index is 13.9. The van der Waals surface area contributed by atoms with Crippen LogP contribution in [0.15, 0.2) is 72.1 Å². The molecule has 176 valence electrons. The molecule has 5 heteroatoms. The smallest absolute Gasteiger partial charge is 0.254 e. The Morgan fingerprint density at radius 3 is 2.50 bits per heavy atom. The zero-order chi connectivity index (χ0) is 23.5. The molecular formula is C29H32N2O2S. The fraction of sp³-hybridized carbons (Fsp3) is 0.379. The highest BCUT2D eigenvalue weighted by Gasteiger charge is 2.47. The van der Waals surface area contributed by atoms with Gasteiger partial charge in [0.25, 0.3) is 5.91 Å². The third-order valence-electron chi connectivity index (χ3n) is 7.31. The molecule has 0 spiro atoms. The van der Waals surface area contributed by atoms with Gasteiger partial charge in [0.2, 0.25) is 5.91 Å². The molecule has 4 nitrogen and oxygen atoms in total. The Bertz CT molecular complexity index is 1120. The van der Waals surface area contributed by atoms with Crippen molar-refractivity contribution in [1.29, 1.82) is 0 Å². The Kier molecular flexibility index (Phi) is 6.82. The minimum atomic E-state index is -0.410. The van der Waals surface area contributed by atoms with Crippen LogP contribution in [0.3, 0.4) is 0 Å². The zero-order valence-corrected chi connectivity index (χ0v) is 20.5. The normalized spacial score (nSPS) is 21.3. The van der Waals surface area contributed by atoms with Gasteiger partial charge in [0.15, 0.2) is 0 Å². The van der Waals surface area contributed by atoms with E-state index in [0.717, 1.165) is 49.0 Å². The number of hydrogen-bond donors (Lipinski definition) is 1. The fourth-order valence-electron chi connectivity index (χ4n) is 5.61. The van der Waals surface area contributed by atoms with Crippen LogP contribution in [0.25, 0.3) is 0 Å². The fourth-order valence-corrected chi connectivity index (χ4v) is 6.47. The minimum absolute atomic E-state index is 0.0157. The zero-order valence-electron chi connectivity index (χ0n) is 19.7. The van der Waals surface area contributed by atoms with Gasteiger partial charge in [-0.2, -0.15) is 0 Å². The lowest BCUT2D eigenvalue weighted by atomic mass is 9.80. The Hall–Kier alpha value is -2.92. The van der Waals surface area contributed by atoms with E-state index < -0.39 is 5.92 Å². The van der Waals surface area contributed by atoms with Gasteiger partial charge >= 0.3 is 0 Å². The number of carbonyl (C=O) groups excluding carboxylic acids is 2. The molecule has 2 aliphatic rings. The summed E-state index contributed by atoms with van der Waals surface area (Å²) in [7, 11) is 0. The molecule has 5 rings (SSSR count). The second-order valence-corrected chi connectivity index (χ2v) is 10.6. The molecule has 2 amide bonds. The van der Waals surface area contributed by atoms with E-state index in [4.69, 9.17) is 0 Å². The van der Waals surface area contributed by atoms with E-state index in [0.29, 0.717) is 5.56 Å². The van der Waals surface area contributed by atoms with E-state index in [1.807, 2.05) is 41.8 Å². The summed E-state index contributed by atoms with van der Waals surface area (Å²) in [6.45, 7) is 2.08. The summed E-state index contributed by atoms with van der Waals surface area (Å²) in [6.07, 6.45) is 6.10. The van der Waals surface area contributed by atoms with Crippen molar-refractivity contribution in [2.24, 2.45) is 0 Å². The summed E-state index contributed by atoms with van der Waals surface area (Å²) in [5.74, 6) is -0.323. The van der Waals surface area contributed by atoms with E-state index in [9.17, 15) is 9.59 Å². The van der Waals surface area contributed by atoms with E-state index in [-0.39, 0.29) is 29.9 Å². The number of carbonyl (C=O) groups is 2. The molecule has 3 aromatic rings. The van der Waals surface area contributed by atoms with E-state index in [1.165, 1.54) is 5.56 Å². The first kappa shape index (κ1) is 22.9. The molecule has 1 aliphatic carbocycles. The van der Waals surface area contributed by atoms with Gasteiger partial charge in [0.1, 0.15) is 0 Å². The number of aryl methyl sites for hydroxylation is 1. The standard InChI is InChI=1S/C29H32N2O2S/c1-20(17-18-21-10-3-2-4-11-21)30-28(32)26-23-14-7-8-15-24(23)29(33)31(22-12-5-6-13-22)27(26)25-16-9-19-34-25/h2-4,7-11,14-16,19-20,22,26-27H,5-6,12-13,17-18H2,1H3,(H,30,32)/t20-,26+,27-/m1/s1. The van der Waals surface area contributed by atoms with E-state index in [2.05, 4.69) is 47.5 Å². The van der Waals surface area contributed by atoms with Crippen molar-refractivity contribution in [2.75, 3.05) is 0 Å². The number of nitrogens with zero attached hydrogens (tertiary/aromatic N) is 1. The SMILES string of the molecule is C[C@H](CCc1ccccc1)NC(=O)[C@H]1c2ccccc2C(=O)N(C2CCCC2)[C@@H]1c1cccs1. The Morgan fingerprint density at radius 1 is 1.03 bits per heavy atom. The van der Waals surface area contributed by atoms with Gasteiger partial charge in [-0.15, -0.1) is 11.3 Å². The molecule has 0 bridgehead atoms. The Balaban J connectivity index is 1.45. The second kappa shape index (κ2) is 10.1. The lowest BCUT2D eigenvalue weighted by molar-refractivity contribution is -0.125. The third-order valence-corrected chi connectivity index (χ3v) is 8.25. The lowest BCUT2D eigenvalue weighted by Gasteiger charge is -2.44. The highest BCUT2D eigenvalue weighted by Crippen LogP contribution is 2.47. The van der Waals surface area contributed by atoms with Gasteiger partial charge in [-0.25, -0.2) is 0 Å². The van der Waals surface area contributed by atoms with Crippen LogP contribution in [-0.4, -0.2) is 28.8 Å². The van der Waals surface area contributed by atoms with Crippen molar-refractivity contribution < 1.29 is 9.59 Å². The van der Waals surface area contributed by atoms with Crippen molar-refractivity contribution in [3.8, 4) is 0 Å². The van der Waals surface area contributed by atoms with Crippen molar-refractivity contribution in [2.45, 2.75) is 69.5 Å². The quantitative estimate of drug-likeness (QED) is 0.451. The Labute approximate surface area is 206 Å². The van der Waals surface area contributed by atoms with Crippen molar-refractivity contribution in [1.82, 2.24) is 10.2 Å². The number of nitrogens with one attached hydrogen (secondary N) is 1. The molecular weight excluding hydrogens is 440 g/mol. The molecule has 34 heavy (non-hydrogen) atoms. The van der Waals surface area contributed by atoms with Crippen LogP contribution in [0, 0.1) is 0 Å². The van der Waals surface area contributed by atoms with Gasteiger partial charge in [-0.3, -0.25) is 9.59 Å². The van der Waals surface area contributed by atoms with Crippen LogP contribution in [0.5, 0.6) is 0 Å². The van der Waals surface area contributed by atoms with Crippen LogP contribution in [0.2, 0.25) is 0 Å². The predicted octanol–water partition coefficient (Wildman–Crippen LogP) is 6.11. The van der Waals surface area contributed by atoms with Crippen LogP contribution in [0.1, 0.15) is 77.3 Å². The molecule has 1 N–H and O–H groups in total. The minimum Gasteiger partial charge on any atom is -0.353 e. The molecule has 0 radical (unpaired) electrons. The van der Waals surface area contributed by atoms with Gasteiger partial charge < -0.3 is 10.2 Å². The van der Waals surface area contributed by atoms with Crippen molar-refractivity contribution in [3.05, 3.63) is 93.7 Å². The highest BCUT2D eigenvalue weighted by atomic mass is 32.1. The summed E-state index contributed by atoms with van der Waals surface area (Å²) in [5.41, 5.74) is 2.81. The third kappa shape index (κ3) is 4.54. The number of rotatable bonds is 7. The first-order valence-electron chi connectivity index (χ1n) is 12.4. The van der Waals surface area contributed by atoms with Crippen molar-refractivity contribution >= 4 is 23.2 Å². The average molecular weight is 473 g/mol. The van der Waals surface area contributed by atoms with Crippen LogP contribution < -0.4 is 5.32 Å². The first-order valence-corrected chi connectivity index (χ1v) is 13.3. The number of amides is 2. The van der Waals surface area contributed by atoms with E-state index >= 15 is 0 Å². The molecule has 2 heterocycles. The van der Waals surface area contributed by atoms with Crippen LogP contribution >= 0.6 is 11.3 Å². The monoisotopic (exact) mass is 472 g/mol. The summed E-state index contributed by atoms with van der Waals surface area (Å²) in [6, 6.07) is 22.2. The molecule has 0 saturated heterocycles. The first-order chi connectivity index (χ1) is 16.6. The molecule has 0 unspecified atom stereocenters. The largest absolute Gasteiger partial charge is 0.353 e. The number of fused-ring (bicyclic) bond motifs is 1. The predicted molar refractivity (Wildman–Crippen MR) is 137 cm³/mol. The van der Waals surface area contributed by atoms with Crippen molar-refractivity contribution in [3.63, 3.8) is 0 Å². The second-order valence-electron chi connectivity index (χ2n) is 9.61. The number of thiophene rings is 1. The number of benzene rings is 2. The lowest BCUT2D eigenvalue weighted by Crippen LogP contribution is -2.51. The molecule has 2 aromatic carbocycles. The summed E-state index contributed by atoms with van der Waals surface area (Å²) in [4.78, 5) is 30.8. The van der Waals surface area contributed by atoms with Gasteiger partial charge in [-0.1, -0.05) is 67.4 Å². The number of hydrogen-bond acceptors (Lipinski definition) is 3. The summed E-state index contributed by atoms with van der Waals surface area (Å²) in [5, 5.41) is 5.35. The highest BCUT2D eigenvalue weighted by molar-refractivity contribution is 7.10. The topological polar surface area (TPSA) is 49.4 Å². The summed E-state index contributed by atoms with van der Waals surface area (Å²) >= 11 is 1.64. The van der Waals surface area contributed by atoms with Crippen LogP contribution in [0.4, 0.5) is 0 Å². The van der Waals surface area contributed by atoms with Gasteiger partial charge in [-0.05, 0) is 61.2 Å². The Morgan fingerprint density at radius 2 is 1.76 bits per heavy atom. The molecule has 1 aromatic heterocycles. The molecule has 1 aliphatic heterocycles. The molecule has 3 atom stereocenters. The maximum Gasteiger partial charge on any atom is 0.254 e. The van der Waals surface area contributed by atoms with Gasteiger partial charge in [0.05, 0.1) is 12.0 Å². The average Bonchev–Trinajstić information content (AvgIpc) is 3.58. The van der Waals surface area contributed by atoms with Gasteiger partial charge in [0, 0.05) is 22.5 Å². The summed E-state index contributed by atoms with van der Waals surface area (Å²) < 4.78 is 0. The van der Waals surface area contributed by atoms with E-state index in [1.54, 1.807) is 11.3 Å². The maximum atomic E-state index is 13.9. The van der Waals surface area contributed by atoms with Crippen LogP contribution in [-0.2, 0) is 11.2 Å². The molecule has 1 saturated carbocycles.